The smallest absolute Gasteiger partial charge is 0.246 e. The van der Waals surface area contributed by atoms with E-state index in [9.17, 15) is 27.9 Å². The van der Waals surface area contributed by atoms with Crippen LogP contribution in [-0.2, 0) is 50.4 Å². The Morgan fingerprint density at radius 1 is 0.797 bits per heavy atom. The number of nitrogens with one attached hydrogen (secondary N) is 2. The molecule has 2 aromatic heterocycles. The second-order valence-electron chi connectivity index (χ2n) is 22.3. The van der Waals surface area contributed by atoms with Gasteiger partial charge in [-0.15, -0.1) is 16.4 Å². The van der Waals surface area contributed by atoms with Gasteiger partial charge in [0.05, 0.1) is 72.9 Å². The normalized spacial score (nSPS) is 15.3. The highest BCUT2D eigenvalue weighted by Gasteiger charge is 2.44. The van der Waals surface area contributed by atoms with Crippen molar-refractivity contribution >= 4 is 38.9 Å². The lowest BCUT2D eigenvalue weighted by atomic mass is 9.85. The van der Waals surface area contributed by atoms with Crippen molar-refractivity contribution in [3.8, 4) is 27.6 Å². The first-order valence-corrected chi connectivity index (χ1v) is 29.8. The zero-order chi connectivity index (χ0) is 57.3. The lowest BCUT2D eigenvalue weighted by molar-refractivity contribution is -0.144. The molecule has 1 aliphatic rings. The second kappa shape index (κ2) is 29.1. The zero-order valence-electron chi connectivity index (χ0n) is 47.9. The van der Waals surface area contributed by atoms with Gasteiger partial charge < -0.3 is 44.3 Å². The van der Waals surface area contributed by atoms with Crippen LogP contribution >= 0.6 is 11.3 Å². The Kier molecular flexibility index (Phi) is 23.0. The van der Waals surface area contributed by atoms with Crippen LogP contribution in [0.1, 0.15) is 127 Å². The van der Waals surface area contributed by atoms with Gasteiger partial charge in [-0.25, -0.2) is 18.1 Å². The van der Waals surface area contributed by atoms with Gasteiger partial charge in [-0.05, 0) is 104 Å². The van der Waals surface area contributed by atoms with Crippen molar-refractivity contribution in [3.63, 3.8) is 0 Å². The Balaban J connectivity index is 0.778. The number of amides is 3. The summed E-state index contributed by atoms with van der Waals surface area (Å²) in [6.45, 7) is 21.4. The maximum atomic E-state index is 14.0. The van der Waals surface area contributed by atoms with Crippen molar-refractivity contribution in [1.29, 1.82) is 0 Å². The molecule has 432 valence electrons. The maximum absolute atomic E-state index is 14.0. The third kappa shape index (κ3) is 17.6. The average Bonchev–Trinajstić information content (AvgIpc) is 4.30. The van der Waals surface area contributed by atoms with E-state index < -0.39 is 33.4 Å². The number of hydrogen-bond donors (Lipinski definition) is 3. The first kappa shape index (κ1) is 62.4. The molecule has 0 saturated carbocycles. The van der Waals surface area contributed by atoms with Crippen molar-refractivity contribution < 1.29 is 51.6 Å². The minimum atomic E-state index is -3.91. The molecule has 20 heteroatoms. The summed E-state index contributed by atoms with van der Waals surface area (Å²) in [6.07, 6.45) is 5.49. The number of methoxy groups -OCH3 is 1. The van der Waals surface area contributed by atoms with Gasteiger partial charge in [-0.1, -0.05) is 96.0 Å². The monoisotopic (exact) mass is 1130 g/mol. The number of ether oxygens (including phenoxy) is 5. The third-order valence-corrected chi connectivity index (χ3v) is 16.7. The number of thiazole rings is 1. The van der Waals surface area contributed by atoms with Crippen LogP contribution in [0, 0.1) is 26.2 Å². The van der Waals surface area contributed by atoms with Gasteiger partial charge in [0.15, 0.2) is 0 Å². The Hall–Kier alpha value is -5.77. The lowest BCUT2D eigenvalue weighted by Gasteiger charge is -2.35. The summed E-state index contributed by atoms with van der Waals surface area (Å²) >= 11 is 1.58. The van der Waals surface area contributed by atoms with Gasteiger partial charge in [0, 0.05) is 45.2 Å². The number of unbranched alkanes of at least 4 members (excludes halogenated alkanes) is 5. The lowest BCUT2D eigenvalue weighted by Crippen LogP contribution is -2.57. The van der Waals surface area contributed by atoms with Crippen LogP contribution in [0.25, 0.3) is 16.1 Å². The molecule has 0 radical (unpaired) electrons. The molecule has 1 fully saturated rings. The van der Waals surface area contributed by atoms with Gasteiger partial charge >= 0.3 is 0 Å². The highest BCUT2D eigenvalue weighted by molar-refractivity contribution is 7.91. The number of hydrogen-bond acceptors (Lipinski definition) is 15. The van der Waals surface area contributed by atoms with Gasteiger partial charge in [0.1, 0.15) is 29.3 Å². The molecule has 3 amide bonds. The molecular formula is C59H83N7O11S2. The minimum Gasteiger partial charge on any atom is -0.494 e. The number of aryl methyl sites for hydroxylation is 2. The molecule has 18 nitrogen and oxygen atoms in total. The Morgan fingerprint density at radius 2 is 1.42 bits per heavy atom. The van der Waals surface area contributed by atoms with E-state index in [4.69, 9.17) is 23.7 Å². The zero-order valence-corrected chi connectivity index (χ0v) is 49.5. The molecule has 1 saturated heterocycles. The van der Waals surface area contributed by atoms with Crippen LogP contribution in [0.5, 0.6) is 11.5 Å². The standard InChI is InChI=1S/C59H83N7O11S2/c1-40-34-48(66-42(3)56(63-64-66)79(71,72)47-25-23-45(24-26-47)58(4,5)6)51(73-10)36-50(40)77-29-17-12-11-15-27-74-30-32-76-33-31-75-28-16-13-14-18-52(68)62-54(59(7,8)9)57(70)65-38-46(67)35-49(65)55(69)60-37-43-19-21-44(22-20-43)53-41(2)61-39-78-53/h19-26,34,36,39,46,49,54,67H,11-18,27-33,35,37-38H2,1-10H3,(H,60,69)(H,62,68)/t46-,49+,54-/m1/s1. The molecule has 79 heavy (non-hydrogen) atoms. The van der Waals surface area contributed by atoms with E-state index in [0.29, 0.717) is 75.5 Å². The molecular weight excluding hydrogens is 1050 g/mol. The molecule has 3 heterocycles. The van der Waals surface area contributed by atoms with E-state index in [-0.39, 0.29) is 59.0 Å². The second-order valence-corrected chi connectivity index (χ2v) is 25.0. The number of carbonyl (C=O) groups is 3. The number of benzene rings is 3. The quantitative estimate of drug-likeness (QED) is 0.0366. The number of likely N-dealkylation sites (tertiary alicyclic amines) is 1. The van der Waals surface area contributed by atoms with Crippen LogP contribution in [0.2, 0.25) is 0 Å². The summed E-state index contributed by atoms with van der Waals surface area (Å²) in [4.78, 5) is 47.6. The van der Waals surface area contributed by atoms with E-state index in [1.807, 2.05) is 82.6 Å². The van der Waals surface area contributed by atoms with Gasteiger partial charge in [0.2, 0.25) is 32.6 Å². The molecule has 0 bridgehead atoms. The number of nitrogens with zero attached hydrogens (tertiary/aromatic N) is 5. The van der Waals surface area contributed by atoms with Crippen molar-refractivity contribution in [2.75, 3.05) is 59.9 Å². The van der Waals surface area contributed by atoms with Crippen LogP contribution in [0.4, 0.5) is 0 Å². The Labute approximate surface area is 471 Å². The van der Waals surface area contributed by atoms with Crippen molar-refractivity contribution in [3.05, 3.63) is 94.3 Å². The first-order valence-electron chi connectivity index (χ1n) is 27.5. The van der Waals surface area contributed by atoms with Gasteiger partial charge in [0.25, 0.3) is 0 Å². The number of sulfone groups is 1. The number of aliphatic hydroxyl groups excluding tert-OH is 1. The fourth-order valence-electron chi connectivity index (χ4n) is 9.24. The fourth-order valence-corrected chi connectivity index (χ4v) is 11.4. The van der Waals surface area contributed by atoms with Crippen molar-refractivity contribution in [2.24, 2.45) is 5.41 Å². The summed E-state index contributed by atoms with van der Waals surface area (Å²) in [5, 5.41) is 24.7. The van der Waals surface area contributed by atoms with E-state index in [1.165, 1.54) is 9.58 Å². The molecule has 3 aromatic carbocycles. The Bertz CT molecular complexity index is 2880. The average molecular weight is 1130 g/mol. The third-order valence-electron chi connectivity index (χ3n) is 13.9. The SMILES string of the molecule is COc1cc(OCCCCCCOCCOCCOCCCCCC(=O)N[C@H](C(=O)N2C[C@H](O)C[C@H]2C(=O)NCc2ccc(-c3scnc3C)cc2)C(C)(C)C)c(C)cc1-n1nnc(S(=O)(=O)c2ccc(C(C)(C)C)cc2)c1C. The van der Waals surface area contributed by atoms with Crippen molar-refractivity contribution in [1.82, 2.24) is 35.5 Å². The van der Waals surface area contributed by atoms with Crippen LogP contribution < -0.4 is 20.1 Å². The van der Waals surface area contributed by atoms with E-state index in [2.05, 4.69) is 46.7 Å². The number of β-amino-alcohol motifs (C(OH)–C–C–N with tert-alkyl or cyclic N) is 1. The Morgan fingerprint density at radius 3 is 2.01 bits per heavy atom. The molecule has 0 aliphatic carbocycles. The van der Waals surface area contributed by atoms with E-state index in [1.54, 1.807) is 43.6 Å². The topological polar surface area (TPSA) is 223 Å². The molecule has 0 unspecified atom stereocenters. The highest BCUT2D eigenvalue weighted by atomic mass is 32.2. The van der Waals surface area contributed by atoms with E-state index in [0.717, 1.165) is 71.3 Å². The summed E-state index contributed by atoms with van der Waals surface area (Å²) < 4.78 is 57.7. The van der Waals surface area contributed by atoms with Gasteiger partial charge in [-0.2, -0.15) is 0 Å². The number of aliphatic hydroxyl groups is 1. The summed E-state index contributed by atoms with van der Waals surface area (Å²) in [5.74, 6) is 0.194. The van der Waals surface area contributed by atoms with Crippen LogP contribution in [0.3, 0.4) is 0 Å². The predicted molar refractivity (Wildman–Crippen MR) is 305 cm³/mol. The molecule has 1 aliphatic heterocycles. The summed E-state index contributed by atoms with van der Waals surface area (Å²) in [7, 11) is -2.36. The van der Waals surface area contributed by atoms with Crippen molar-refractivity contribution in [2.45, 2.75) is 160 Å². The number of carbonyl (C=O) groups excluding carboxylic acids is 3. The van der Waals surface area contributed by atoms with Crippen LogP contribution in [0.15, 0.2) is 76.1 Å². The largest absolute Gasteiger partial charge is 0.494 e. The summed E-state index contributed by atoms with van der Waals surface area (Å²) in [5.41, 5.74) is 6.83. The molecule has 0 spiro atoms. The molecule has 3 atom stereocenters. The fraction of sp³-hybridized carbons (Fsp3) is 0.559. The summed E-state index contributed by atoms with van der Waals surface area (Å²) in [6, 6.07) is 16.8. The van der Waals surface area contributed by atoms with E-state index >= 15 is 0 Å². The minimum absolute atomic E-state index is 0.0177. The van der Waals surface area contributed by atoms with Crippen LogP contribution in [-0.4, -0.2) is 134 Å². The first-order chi connectivity index (χ1) is 37.6. The predicted octanol–water partition coefficient (Wildman–Crippen LogP) is 8.81. The highest BCUT2D eigenvalue weighted by Crippen LogP contribution is 2.35. The number of rotatable bonds is 30. The molecule has 3 N–H and O–H groups in total. The molecule has 5 aromatic rings. The molecule has 6 rings (SSSR count). The van der Waals surface area contributed by atoms with Gasteiger partial charge in [-0.3, -0.25) is 14.4 Å². The number of aromatic nitrogens is 4. The maximum Gasteiger partial charge on any atom is 0.246 e.